The number of unbranched alkanes of at least 4 members (excludes halogenated alkanes) is 6. The molecule has 0 bridgehead atoms. The quantitative estimate of drug-likeness (QED) is 0.271. The van der Waals surface area contributed by atoms with Crippen LogP contribution in [0.15, 0.2) is 71.1 Å². The van der Waals surface area contributed by atoms with E-state index in [1.54, 1.807) is 0 Å². The molecule has 35 heavy (non-hydrogen) atoms. The Kier molecular flexibility index (Phi) is 13.0. The molecule has 0 unspecified atom stereocenters. The van der Waals surface area contributed by atoms with Gasteiger partial charge in [0.1, 0.15) is 0 Å². The van der Waals surface area contributed by atoms with Crippen molar-refractivity contribution >= 4 is 0 Å². The van der Waals surface area contributed by atoms with E-state index in [1.165, 1.54) is 75.3 Å². The van der Waals surface area contributed by atoms with E-state index in [2.05, 4.69) is 80.6 Å². The predicted molar refractivity (Wildman–Crippen MR) is 130 cm³/mol. The molecule has 0 saturated carbocycles. The van der Waals surface area contributed by atoms with E-state index >= 15 is 0 Å². The molecule has 3 aromatic rings. The number of hydrogen-bond acceptors (Lipinski definition) is 4. The highest BCUT2D eigenvalue weighted by Gasteiger charge is 2.16. The van der Waals surface area contributed by atoms with Crippen molar-refractivity contribution in [2.75, 3.05) is 0 Å². The van der Waals surface area contributed by atoms with Gasteiger partial charge >= 0.3 is 11.5 Å². The summed E-state index contributed by atoms with van der Waals surface area (Å²) >= 11 is 0. The number of halogens is 1. The van der Waals surface area contributed by atoms with Gasteiger partial charge in [0, 0.05) is 12.1 Å². The second-order valence-corrected chi connectivity index (χ2v) is 9.51. The summed E-state index contributed by atoms with van der Waals surface area (Å²) in [5.74, 6) is 1.85. The van der Waals surface area contributed by atoms with Crippen molar-refractivity contribution in [1.29, 1.82) is 0 Å². The van der Waals surface area contributed by atoms with Crippen LogP contribution in [0, 0.1) is 10.2 Å². The largest absolute Gasteiger partial charge is 0.360 e. The van der Waals surface area contributed by atoms with Crippen LogP contribution in [-0.2, 0) is 12.8 Å². The van der Waals surface area contributed by atoms with Crippen LogP contribution in [0.2, 0.25) is 0 Å². The molecule has 0 amide bonds. The average molecular weight is 501 g/mol. The minimum atomic E-state index is -4.94. The zero-order chi connectivity index (χ0) is 25.5. The summed E-state index contributed by atoms with van der Waals surface area (Å²) in [7, 11) is -4.94. The molecule has 0 aliphatic rings. The van der Waals surface area contributed by atoms with Crippen molar-refractivity contribution < 1.29 is 33.3 Å². The molecule has 0 spiro atoms. The molecule has 0 fully saturated rings. The monoisotopic (exact) mass is 500 g/mol. The Labute approximate surface area is 211 Å². The molecule has 0 aliphatic heterocycles. The number of hydrogen-bond donors (Lipinski definition) is 0. The van der Waals surface area contributed by atoms with E-state index in [0.717, 1.165) is 22.6 Å². The Bertz CT molecular complexity index is 889. The first-order chi connectivity index (χ1) is 16.8. The van der Waals surface area contributed by atoms with E-state index in [0.29, 0.717) is 0 Å². The fraction of sp³-hybridized carbons (Fsp3) is 0.414. The molecule has 0 atom stereocenters. The molecular weight excluding hydrogens is 464 g/mol. The minimum absolute atomic E-state index is 0.925. The molecule has 0 N–H and O–H groups in total. The van der Waals surface area contributed by atoms with Gasteiger partial charge in [0.2, 0.25) is 0 Å². The topological polar surface area (TPSA) is 104 Å². The highest BCUT2D eigenvalue weighted by Crippen LogP contribution is 2.27. The molecule has 6 heteroatoms. The molecule has 2 aromatic carbocycles. The molecular formula is C29H37ClO5. The van der Waals surface area contributed by atoms with Crippen molar-refractivity contribution in [3.63, 3.8) is 0 Å². The van der Waals surface area contributed by atoms with Crippen LogP contribution in [0.25, 0.3) is 22.6 Å². The van der Waals surface area contributed by atoms with Crippen LogP contribution in [0.1, 0.15) is 76.3 Å². The summed E-state index contributed by atoms with van der Waals surface area (Å²) in [6.07, 6.45) is 12.8. The molecule has 3 rings (SSSR count). The highest BCUT2D eigenvalue weighted by atomic mass is 35.7. The smallest absolute Gasteiger partial charge is 0.222 e. The number of benzene rings is 2. The first kappa shape index (κ1) is 29.0. The van der Waals surface area contributed by atoms with Gasteiger partial charge in [-0.3, -0.25) is 0 Å². The minimum Gasteiger partial charge on any atom is -0.222 e. The maximum absolute atomic E-state index is 8.49. The predicted octanol–water partition coefficient (Wildman–Crippen LogP) is 4.38. The first-order valence-electron chi connectivity index (χ1n) is 12.5. The van der Waals surface area contributed by atoms with Crippen LogP contribution in [0.4, 0.5) is 0 Å². The van der Waals surface area contributed by atoms with E-state index in [-0.39, 0.29) is 0 Å². The normalized spacial score (nSPS) is 11.1. The van der Waals surface area contributed by atoms with E-state index < -0.39 is 10.2 Å². The fourth-order valence-corrected chi connectivity index (χ4v) is 3.90. The highest BCUT2D eigenvalue weighted by molar-refractivity contribution is 5.63. The maximum atomic E-state index is 8.49. The van der Waals surface area contributed by atoms with Crippen molar-refractivity contribution in [1.82, 2.24) is 0 Å². The van der Waals surface area contributed by atoms with E-state index in [1.807, 2.05) is 0 Å². The second kappa shape index (κ2) is 15.7. The molecule has 0 radical (unpaired) electrons. The van der Waals surface area contributed by atoms with Crippen LogP contribution >= 0.6 is 0 Å². The zero-order valence-corrected chi connectivity index (χ0v) is 21.6. The lowest BCUT2D eigenvalue weighted by Gasteiger charge is -2.17. The SMILES string of the molecule is CCCCCCc1ccc(-c2cccc(-c3ccc(CCCCCC)cc3)[o+]2)cc1.[O-][Cl+3]([O-])([O-])[O-]. The van der Waals surface area contributed by atoms with Gasteiger partial charge in [0.25, 0.3) is 0 Å². The molecule has 1 heterocycles. The van der Waals surface area contributed by atoms with Gasteiger partial charge in [-0.05, 0) is 67.1 Å². The summed E-state index contributed by atoms with van der Waals surface area (Å²) in [5.41, 5.74) is 5.12. The summed E-state index contributed by atoms with van der Waals surface area (Å²) in [5, 5.41) is 0. The maximum Gasteiger partial charge on any atom is 0.360 e. The second-order valence-electron chi connectivity index (χ2n) is 8.75. The Morgan fingerprint density at radius 3 is 1.26 bits per heavy atom. The lowest BCUT2D eigenvalue weighted by atomic mass is 10.0. The molecule has 0 aliphatic carbocycles. The zero-order valence-electron chi connectivity index (χ0n) is 20.8. The van der Waals surface area contributed by atoms with Crippen LogP contribution in [0.5, 0.6) is 0 Å². The van der Waals surface area contributed by atoms with Gasteiger partial charge in [-0.1, -0.05) is 76.6 Å². The summed E-state index contributed by atoms with van der Waals surface area (Å²) in [4.78, 5) is 0. The molecule has 1 aromatic heterocycles. The van der Waals surface area contributed by atoms with Gasteiger partial charge in [-0.25, -0.2) is 23.1 Å². The van der Waals surface area contributed by atoms with Crippen molar-refractivity contribution in [2.24, 2.45) is 0 Å². The number of rotatable bonds is 12. The van der Waals surface area contributed by atoms with Gasteiger partial charge in [-0.15, -0.1) is 10.2 Å². The summed E-state index contributed by atoms with van der Waals surface area (Å²) in [6, 6.07) is 24.0. The average Bonchev–Trinajstić information content (AvgIpc) is 2.84. The van der Waals surface area contributed by atoms with Crippen LogP contribution in [-0.4, -0.2) is 0 Å². The van der Waals surface area contributed by atoms with Crippen molar-refractivity contribution in [3.05, 3.63) is 77.9 Å². The third-order valence-corrected chi connectivity index (χ3v) is 5.83. The van der Waals surface area contributed by atoms with Crippen molar-refractivity contribution in [3.8, 4) is 22.6 Å². The Hall–Kier alpha value is -2.28. The van der Waals surface area contributed by atoms with Gasteiger partial charge in [-0.2, -0.15) is 0 Å². The molecule has 0 saturated heterocycles. The first-order valence-corrected chi connectivity index (χ1v) is 13.8. The fourth-order valence-electron chi connectivity index (χ4n) is 3.90. The van der Waals surface area contributed by atoms with E-state index in [9.17, 15) is 0 Å². The Morgan fingerprint density at radius 2 is 0.914 bits per heavy atom. The van der Waals surface area contributed by atoms with Crippen LogP contribution in [0.3, 0.4) is 0 Å². The lowest BCUT2D eigenvalue weighted by molar-refractivity contribution is -2.00. The van der Waals surface area contributed by atoms with E-state index in [4.69, 9.17) is 23.1 Å². The third kappa shape index (κ3) is 12.3. The Balaban J connectivity index is 0.000000784. The molecule has 190 valence electrons. The third-order valence-electron chi connectivity index (χ3n) is 5.83. The number of aryl methyl sites for hydroxylation is 2. The van der Waals surface area contributed by atoms with Crippen LogP contribution < -0.4 is 18.6 Å². The Morgan fingerprint density at radius 1 is 0.543 bits per heavy atom. The lowest BCUT2D eigenvalue weighted by Crippen LogP contribution is -2.68. The van der Waals surface area contributed by atoms with Gasteiger partial charge < -0.3 is 0 Å². The summed E-state index contributed by atoms with van der Waals surface area (Å²) in [6.45, 7) is 4.52. The van der Waals surface area contributed by atoms with Gasteiger partial charge in [0.15, 0.2) is 0 Å². The summed E-state index contributed by atoms with van der Waals surface area (Å²) < 4.78 is 40.2. The van der Waals surface area contributed by atoms with Crippen molar-refractivity contribution in [2.45, 2.75) is 78.1 Å². The van der Waals surface area contributed by atoms with Gasteiger partial charge in [0.05, 0.1) is 11.1 Å². The molecule has 5 nitrogen and oxygen atoms in total. The standard InChI is InChI=1S/C29H37O.ClHO4/c1-3-5-7-9-12-24-16-20-26(21-17-24)28-14-11-15-29(30-28)27-22-18-25(19-23-27)13-10-8-6-4-2;2-1(3,4)5/h11,14-23H,3-10,12-13H2,1-2H3;(H,2,3,4,5)/q+1;/p-1.